The van der Waals surface area contributed by atoms with Crippen LogP contribution in [0.1, 0.15) is 27.6 Å². The van der Waals surface area contributed by atoms with Crippen LogP contribution in [0.4, 0.5) is 0 Å². The molecule has 5 nitrogen and oxygen atoms in total. The number of aryl methyl sites for hydroxylation is 3. The van der Waals surface area contributed by atoms with Crippen LogP contribution in [0.5, 0.6) is 11.5 Å². The molecule has 1 aliphatic heterocycles. The van der Waals surface area contributed by atoms with Crippen LogP contribution in [0.2, 0.25) is 0 Å². The van der Waals surface area contributed by atoms with Crippen LogP contribution in [0, 0.1) is 19.8 Å². The average Bonchev–Trinajstić information content (AvgIpc) is 2.95. The number of amides is 1. The Hall–Kier alpha value is -2.08. The summed E-state index contributed by atoms with van der Waals surface area (Å²) >= 11 is 1.74. The van der Waals surface area contributed by atoms with E-state index in [1.807, 2.05) is 25.1 Å². The lowest BCUT2D eigenvalue weighted by molar-refractivity contribution is -0.126. The largest absolute Gasteiger partial charge is 0.493 e. The van der Waals surface area contributed by atoms with E-state index >= 15 is 0 Å². The number of carbonyl (C=O) groups is 1. The second kappa shape index (κ2) is 7.87. The zero-order chi connectivity index (χ0) is 17.8. The predicted molar refractivity (Wildman–Crippen MR) is 98.6 cm³/mol. The maximum absolute atomic E-state index is 12.4. The Kier molecular flexibility index (Phi) is 5.58. The van der Waals surface area contributed by atoms with Gasteiger partial charge in [0.1, 0.15) is 6.61 Å². The fourth-order valence-electron chi connectivity index (χ4n) is 2.96. The Balaban J connectivity index is 1.47. The molecule has 0 aliphatic carbocycles. The number of para-hydroxylation sites is 1. The van der Waals surface area contributed by atoms with E-state index in [2.05, 4.69) is 17.2 Å². The summed E-state index contributed by atoms with van der Waals surface area (Å²) in [5, 5.41) is 4.17. The van der Waals surface area contributed by atoms with Gasteiger partial charge in [-0.2, -0.15) is 0 Å². The predicted octanol–water partition coefficient (Wildman–Crippen LogP) is 3.07. The number of thiazole rings is 1. The number of carbonyl (C=O) groups excluding carboxylic acids is 1. The van der Waals surface area contributed by atoms with Gasteiger partial charge in [-0.25, -0.2) is 4.98 Å². The number of methoxy groups -OCH3 is 1. The molecule has 1 aromatic heterocycles. The minimum Gasteiger partial charge on any atom is -0.493 e. The van der Waals surface area contributed by atoms with Gasteiger partial charge in [-0.3, -0.25) is 4.79 Å². The first-order valence-electron chi connectivity index (χ1n) is 8.57. The highest BCUT2D eigenvalue weighted by Gasteiger charge is 2.27. The molecule has 0 bridgehead atoms. The number of hydrogen-bond donors (Lipinski definition) is 1. The third-order valence-corrected chi connectivity index (χ3v) is 5.62. The third-order valence-electron chi connectivity index (χ3n) is 4.49. The molecule has 1 amide bonds. The van der Waals surface area contributed by atoms with Crippen molar-refractivity contribution in [3.63, 3.8) is 0 Å². The number of nitrogens with one attached hydrogen (secondary N) is 1. The number of nitrogens with zero attached hydrogens (tertiary/aromatic N) is 1. The summed E-state index contributed by atoms with van der Waals surface area (Å²) in [5.41, 5.74) is 2.14. The molecule has 3 rings (SSSR count). The molecule has 0 spiro atoms. The first-order chi connectivity index (χ1) is 12.1. The van der Waals surface area contributed by atoms with Gasteiger partial charge < -0.3 is 14.8 Å². The molecule has 6 heteroatoms. The monoisotopic (exact) mass is 360 g/mol. The number of hydrogen-bond acceptors (Lipinski definition) is 5. The lowest BCUT2D eigenvalue weighted by Crippen LogP contribution is -2.37. The normalized spacial score (nSPS) is 16.0. The molecule has 0 radical (unpaired) electrons. The highest BCUT2D eigenvalue weighted by atomic mass is 32.1. The van der Waals surface area contributed by atoms with Crippen molar-refractivity contribution < 1.29 is 14.3 Å². The van der Waals surface area contributed by atoms with E-state index in [1.165, 1.54) is 4.88 Å². The van der Waals surface area contributed by atoms with E-state index in [0.29, 0.717) is 19.6 Å². The molecule has 0 saturated heterocycles. The Morgan fingerprint density at radius 1 is 1.44 bits per heavy atom. The Morgan fingerprint density at radius 2 is 2.28 bits per heavy atom. The number of fused-ring (bicyclic) bond motifs is 1. The van der Waals surface area contributed by atoms with Crippen LogP contribution >= 0.6 is 11.3 Å². The summed E-state index contributed by atoms with van der Waals surface area (Å²) in [6.45, 7) is 5.18. The molecule has 134 valence electrons. The molecule has 1 atom stereocenters. The molecule has 2 heterocycles. The molecular formula is C19H24N2O3S. The van der Waals surface area contributed by atoms with E-state index in [9.17, 15) is 4.79 Å². The van der Waals surface area contributed by atoms with Gasteiger partial charge in [-0.15, -0.1) is 11.3 Å². The van der Waals surface area contributed by atoms with Gasteiger partial charge in [0, 0.05) is 17.8 Å². The fraction of sp³-hybridized carbons (Fsp3) is 0.474. The summed E-state index contributed by atoms with van der Waals surface area (Å²) in [4.78, 5) is 18.2. The van der Waals surface area contributed by atoms with Crippen LogP contribution in [0.3, 0.4) is 0 Å². The second-order valence-corrected chi connectivity index (χ2v) is 7.59. The van der Waals surface area contributed by atoms with E-state index < -0.39 is 0 Å². The van der Waals surface area contributed by atoms with Crippen molar-refractivity contribution in [3.8, 4) is 11.5 Å². The highest BCUT2D eigenvalue weighted by molar-refractivity contribution is 7.11. The quantitative estimate of drug-likeness (QED) is 0.805. The second-order valence-electron chi connectivity index (χ2n) is 6.30. The molecule has 1 aromatic carbocycles. The van der Waals surface area contributed by atoms with Gasteiger partial charge in [0.05, 0.1) is 23.7 Å². The van der Waals surface area contributed by atoms with Crippen LogP contribution in [-0.2, 0) is 17.6 Å². The lowest BCUT2D eigenvalue weighted by Gasteiger charge is -2.25. The Bertz CT molecular complexity index is 738. The van der Waals surface area contributed by atoms with Crippen LogP contribution < -0.4 is 14.8 Å². The van der Waals surface area contributed by atoms with Crippen LogP contribution in [0.25, 0.3) is 0 Å². The van der Waals surface area contributed by atoms with Crippen molar-refractivity contribution in [2.24, 2.45) is 5.92 Å². The molecular weight excluding hydrogens is 336 g/mol. The number of aromatic nitrogens is 1. The summed E-state index contributed by atoms with van der Waals surface area (Å²) in [6.07, 6.45) is 2.49. The fourth-order valence-corrected chi connectivity index (χ4v) is 3.94. The van der Waals surface area contributed by atoms with Crippen molar-refractivity contribution >= 4 is 17.2 Å². The van der Waals surface area contributed by atoms with Crippen molar-refractivity contribution in [2.45, 2.75) is 33.1 Å². The Labute approximate surface area is 152 Å². The van der Waals surface area contributed by atoms with Gasteiger partial charge >= 0.3 is 0 Å². The van der Waals surface area contributed by atoms with Gasteiger partial charge in [0.25, 0.3) is 0 Å². The summed E-state index contributed by atoms with van der Waals surface area (Å²) in [5.74, 6) is 1.40. The van der Waals surface area contributed by atoms with Gasteiger partial charge in [0.2, 0.25) is 5.91 Å². The van der Waals surface area contributed by atoms with E-state index in [-0.39, 0.29) is 11.8 Å². The summed E-state index contributed by atoms with van der Waals surface area (Å²) in [6, 6.07) is 5.80. The maximum atomic E-state index is 12.4. The smallest absolute Gasteiger partial charge is 0.226 e. The summed E-state index contributed by atoms with van der Waals surface area (Å²) in [7, 11) is 1.63. The van der Waals surface area contributed by atoms with Crippen molar-refractivity contribution in [2.75, 3.05) is 20.3 Å². The minimum absolute atomic E-state index is 0.0555. The number of benzene rings is 1. The van der Waals surface area contributed by atoms with Crippen molar-refractivity contribution in [1.29, 1.82) is 0 Å². The SMILES string of the molecule is COc1cccc2c1OCC(C(=O)NCCCc1nc(C)c(C)s1)C2. The number of rotatable bonds is 6. The topological polar surface area (TPSA) is 60.5 Å². The third kappa shape index (κ3) is 4.12. The number of ether oxygens (including phenoxy) is 2. The molecule has 0 fully saturated rings. The zero-order valence-corrected chi connectivity index (χ0v) is 15.7. The average molecular weight is 360 g/mol. The van der Waals surface area contributed by atoms with Crippen molar-refractivity contribution in [3.05, 3.63) is 39.3 Å². The van der Waals surface area contributed by atoms with Crippen LogP contribution in [-0.4, -0.2) is 31.2 Å². The van der Waals surface area contributed by atoms with Gasteiger partial charge in [-0.05, 0) is 38.3 Å². The summed E-state index contributed by atoms with van der Waals surface area (Å²) < 4.78 is 11.1. The standard InChI is InChI=1S/C19H24N2O3S/c1-12-13(2)25-17(21-12)8-5-9-20-19(22)15-10-14-6-4-7-16(23-3)18(14)24-11-15/h4,6-7,15H,5,8-11H2,1-3H3,(H,20,22). The van der Waals surface area contributed by atoms with E-state index in [1.54, 1.807) is 18.4 Å². The first kappa shape index (κ1) is 17.7. The first-order valence-corrected chi connectivity index (χ1v) is 9.39. The van der Waals surface area contributed by atoms with E-state index in [4.69, 9.17) is 9.47 Å². The zero-order valence-electron chi connectivity index (χ0n) is 14.9. The molecule has 0 saturated carbocycles. The van der Waals surface area contributed by atoms with Crippen molar-refractivity contribution in [1.82, 2.24) is 10.3 Å². The highest BCUT2D eigenvalue weighted by Crippen LogP contribution is 2.36. The van der Waals surface area contributed by atoms with E-state index in [0.717, 1.165) is 40.6 Å². The Morgan fingerprint density at radius 3 is 3.00 bits per heavy atom. The molecule has 25 heavy (non-hydrogen) atoms. The maximum Gasteiger partial charge on any atom is 0.226 e. The minimum atomic E-state index is -0.149. The molecule has 1 unspecified atom stereocenters. The molecule has 2 aromatic rings. The molecule has 1 N–H and O–H groups in total. The van der Waals surface area contributed by atoms with Crippen LogP contribution in [0.15, 0.2) is 18.2 Å². The van der Waals surface area contributed by atoms with Gasteiger partial charge in [0.15, 0.2) is 11.5 Å². The molecule has 1 aliphatic rings. The van der Waals surface area contributed by atoms with Gasteiger partial charge in [-0.1, -0.05) is 12.1 Å². The lowest BCUT2D eigenvalue weighted by atomic mass is 9.95.